The summed E-state index contributed by atoms with van der Waals surface area (Å²) in [6.45, 7) is 1.30. The fraction of sp³-hybridized carbons (Fsp3) is 0.529. The Morgan fingerprint density at radius 1 is 1.04 bits per heavy atom. The average molecular weight is 335 g/mol. The molecule has 4 N–H and O–H groups in total. The Hall–Kier alpha value is -2.28. The summed E-state index contributed by atoms with van der Waals surface area (Å²) in [5.74, 6) is 0. The molecule has 1 fully saturated rings. The van der Waals surface area contributed by atoms with Gasteiger partial charge in [0.25, 0.3) is 0 Å². The molecule has 1 aromatic carbocycles. The maximum atomic E-state index is 11.8. The summed E-state index contributed by atoms with van der Waals surface area (Å²) in [5.41, 5.74) is 0.968. The molecule has 0 saturated heterocycles. The lowest BCUT2D eigenvalue weighted by Gasteiger charge is -2.29. The van der Waals surface area contributed by atoms with E-state index in [-0.39, 0.29) is 18.7 Å². The summed E-state index contributed by atoms with van der Waals surface area (Å²) in [6.07, 6.45) is 2.32. The average Bonchev–Trinajstić information content (AvgIpc) is 2.59. The van der Waals surface area contributed by atoms with E-state index in [1.165, 1.54) is 0 Å². The highest BCUT2D eigenvalue weighted by Crippen LogP contribution is 2.18. The number of alkyl carbamates (subject to hydrolysis) is 1. The minimum absolute atomic E-state index is 0.142. The third-order valence-electron chi connectivity index (χ3n) is 4.10. The third-order valence-corrected chi connectivity index (χ3v) is 4.10. The van der Waals surface area contributed by atoms with Crippen molar-refractivity contribution in [2.75, 3.05) is 13.1 Å². The van der Waals surface area contributed by atoms with Gasteiger partial charge in [0.2, 0.25) is 0 Å². The molecule has 132 valence electrons. The summed E-state index contributed by atoms with van der Waals surface area (Å²) in [6, 6.07) is 10.1. The highest BCUT2D eigenvalue weighted by molar-refractivity contribution is 5.67. The van der Waals surface area contributed by atoms with Crippen LogP contribution in [0.1, 0.15) is 31.2 Å². The van der Waals surface area contributed by atoms with Gasteiger partial charge in [-0.05, 0) is 31.2 Å². The number of carbonyl (C=O) groups excluding carboxylic acids is 1. The Labute approximate surface area is 141 Å². The van der Waals surface area contributed by atoms with E-state index in [0.29, 0.717) is 19.1 Å². The lowest BCUT2D eigenvalue weighted by molar-refractivity contribution is 0.132. The summed E-state index contributed by atoms with van der Waals surface area (Å²) in [5, 5.41) is 17.1. The number of rotatable bonds is 7. The summed E-state index contributed by atoms with van der Waals surface area (Å²) in [4.78, 5) is 22.2. The molecule has 0 aromatic heterocycles. The van der Waals surface area contributed by atoms with Gasteiger partial charge in [-0.3, -0.25) is 0 Å². The molecule has 2 rings (SSSR count). The molecule has 24 heavy (non-hydrogen) atoms. The normalized spacial score (nSPS) is 20.2. The maximum absolute atomic E-state index is 11.8. The Balaban J connectivity index is 1.57. The zero-order chi connectivity index (χ0) is 17.2. The van der Waals surface area contributed by atoms with Crippen molar-refractivity contribution >= 4 is 12.2 Å². The smallest absolute Gasteiger partial charge is 0.407 e. The first kappa shape index (κ1) is 18.1. The van der Waals surface area contributed by atoms with Crippen molar-refractivity contribution in [3.05, 3.63) is 35.9 Å². The van der Waals surface area contributed by atoms with Crippen molar-refractivity contribution in [3.63, 3.8) is 0 Å². The molecule has 1 aromatic rings. The number of benzene rings is 1. The van der Waals surface area contributed by atoms with E-state index in [1.807, 2.05) is 30.3 Å². The predicted octanol–water partition coefficient (Wildman–Crippen LogP) is 2.08. The Morgan fingerprint density at radius 3 is 2.38 bits per heavy atom. The Kier molecular flexibility index (Phi) is 7.35. The van der Waals surface area contributed by atoms with Crippen LogP contribution in [0.25, 0.3) is 0 Å². The molecular formula is C17H25N3O4. The van der Waals surface area contributed by atoms with Gasteiger partial charge in [0.15, 0.2) is 0 Å². The van der Waals surface area contributed by atoms with Crippen molar-refractivity contribution in [1.29, 1.82) is 0 Å². The molecular weight excluding hydrogens is 310 g/mol. The van der Waals surface area contributed by atoms with E-state index in [1.54, 1.807) is 0 Å². The van der Waals surface area contributed by atoms with Crippen LogP contribution in [0.2, 0.25) is 0 Å². The second-order valence-corrected chi connectivity index (χ2v) is 5.94. The molecule has 1 saturated carbocycles. The number of amides is 2. The zero-order valence-corrected chi connectivity index (χ0v) is 13.7. The minimum atomic E-state index is -1.00. The predicted molar refractivity (Wildman–Crippen MR) is 89.8 cm³/mol. The number of carbonyl (C=O) groups is 2. The van der Waals surface area contributed by atoms with Gasteiger partial charge in [0.05, 0.1) is 0 Å². The zero-order valence-electron chi connectivity index (χ0n) is 13.7. The van der Waals surface area contributed by atoms with Crippen molar-refractivity contribution in [2.24, 2.45) is 0 Å². The number of hydrogen-bond acceptors (Lipinski definition) is 4. The van der Waals surface area contributed by atoms with Crippen LogP contribution >= 0.6 is 0 Å². The van der Waals surface area contributed by atoms with Crippen LogP contribution in [0.15, 0.2) is 30.3 Å². The third kappa shape index (κ3) is 6.87. The van der Waals surface area contributed by atoms with E-state index >= 15 is 0 Å². The van der Waals surface area contributed by atoms with Gasteiger partial charge in [-0.25, -0.2) is 9.59 Å². The summed E-state index contributed by atoms with van der Waals surface area (Å²) < 4.78 is 5.23. The van der Waals surface area contributed by atoms with Gasteiger partial charge in [0.1, 0.15) is 6.61 Å². The van der Waals surface area contributed by atoms with Gasteiger partial charge >= 0.3 is 12.2 Å². The molecule has 0 aliphatic heterocycles. The fourth-order valence-corrected chi connectivity index (χ4v) is 2.82. The van der Waals surface area contributed by atoms with Crippen LogP contribution < -0.4 is 16.0 Å². The molecule has 0 unspecified atom stereocenters. The van der Waals surface area contributed by atoms with Gasteiger partial charge < -0.3 is 25.8 Å². The molecule has 0 radical (unpaired) electrons. The van der Waals surface area contributed by atoms with E-state index in [2.05, 4.69) is 16.0 Å². The second-order valence-electron chi connectivity index (χ2n) is 5.94. The number of nitrogens with one attached hydrogen (secondary N) is 3. The monoisotopic (exact) mass is 335 g/mol. The first-order chi connectivity index (χ1) is 11.6. The molecule has 0 heterocycles. The van der Waals surface area contributed by atoms with Gasteiger partial charge in [-0.1, -0.05) is 30.3 Å². The van der Waals surface area contributed by atoms with Crippen LogP contribution in [0.4, 0.5) is 9.59 Å². The number of hydrogen-bond donors (Lipinski definition) is 4. The van der Waals surface area contributed by atoms with Crippen molar-refractivity contribution in [3.8, 4) is 0 Å². The van der Waals surface area contributed by atoms with E-state index in [4.69, 9.17) is 9.84 Å². The van der Waals surface area contributed by atoms with Crippen LogP contribution in [-0.2, 0) is 11.3 Å². The van der Waals surface area contributed by atoms with Crippen molar-refractivity contribution < 1.29 is 19.4 Å². The van der Waals surface area contributed by atoms with Gasteiger partial charge in [-0.2, -0.15) is 0 Å². The summed E-state index contributed by atoms with van der Waals surface area (Å²) in [7, 11) is 0. The molecule has 1 aliphatic rings. The Bertz CT molecular complexity index is 516. The van der Waals surface area contributed by atoms with Crippen LogP contribution in [0.5, 0.6) is 0 Å². The minimum Gasteiger partial charge on any atom is -0.465 e. The highest BCUT2D eigenvalue weighted by atomic mass is 16.5. The fourth-order valence-electron chi connectivity index (χ4n) is 2.82. The lowest BCUT2D eigenvalue weighted by Crippen LogP contribution is -2.43. The summed E-state index contributed by atoms with van der Waals surface area (Å²) >= 11 is 0. The second kappa shape index (κ2) is 9.77. The van der Waals surface area contributed by atoms with E-state index < -0.39 is 6.09 Å². The van der Waals surface area contributed by atoms with E-state index in [0.717, 1.165) is 31.2 Å². The molecule has 1 aliphatic carbocycles. The molecule has 2 amide bonds. The van der Waals surface area contributed by atoms with Gasteiger partial charge in [0, 0.05) is 25.2 Å². The van der Waals surface area contributed by atoms with E-state index in [9.17, 15) is 9.59 Å². The molecule has 0 bridgehead atoms. The SMILES string of the molecule is O=C(O)NCCN[C@H]1CC[C@H](NC(=O)OCc2ccccc2)CC1. The van der Waals surface area contributed by atoms with Crippen LogP contribution in [0.3, 0.4) is 0 Å². The van der Waals surface area contributed by atoms with Gasteiger partial charge in [-0.15, -0.1) is 0 Å². The number of ether oxygens (including phenoxy) is 1. The molecule has 7 nitrogen and oxygen atoms in total. The molecule has 7 heteroatoms. The van der Waals surface area contributed by atoms with Crippen LogP contribution in [-0.4, -0.2) is 42.5 Å². The van der Waals surface area contributed by atoms with Crippen LogP contribution in [0, 0.1) is 0 Å². The Morgan fingerprint density at radius 2 is 1.71 bits per heavy atom. The highest BCUT2D eigenvalue weighted by Gasteiger charge is 2.22. The molecule has 0 spiro atoms. The number of carboxylic acid groups (broad SMARTS) is 1. The first-order valence-electron chi connectivity index (χ1n) is 8.31. The van der Waals surface area contributed by atoms with Crippen molar-refractivity contribution in [2.45, 2.75) is 44.4 Å². The quantitative estimate of drug-likeness (QED) is 0.572. The molecule has 0 atom stereocenters. The van der Waals surface area contributed by atoms with Crippen molar-refractivity contribution in [1.82, 2.24) is 16.0 Å². The maximum Gasteiger partial charge on any atom is 0.407 e. The lowest BCUT2D eigenvalue weighted by atomic mass is 9.91. The first-order valence-corrected chi connectivity index (χ1v) is 8.31. The standard InChI is InChI=1S/C17H25N3O4/c21-16(22)19-11-10-18-14-6-8-15(9-7-14)20-17(23)24-12-13-4-2-1-3-5-13/h1-5,14-15,18-19H,6-12H2,(H,20,23)(H,21,22)/t14-,15-. The topological polar surface area (TPSA) is 99.7 Å². The largest absolute Gasteiger partial charge is 0.465 e.